The molecule has 1 saturated heterocycles. The highest BCUT2D eigenvalue weighted by molar-refractivity contribution is 7.09. The summed E-state index contributed by atoms with van der Waals surface area (Å²) in [6, 6.07) is 10.5. The van der Waals surface area contributed by atoms with Crippen molar-refractivity contribution in [2.24, 2.45) is 0 Å². The predicted molar refractivity (Wildman–Crippen MR) is 99.2 cm³/mol. The summed E-state index contributed by atoms with van der Waals surface area (Å²) in [4.78, 5) is 16.7. The maximum absolute atomic E-state index is 12.2. The van der Waals surface area contributed by atoms with Crippen LogP contribution in [0, 0.1) is 0 Å². The number of nitrogens with one attached hydrogen (secondary N) is 2. The first-order chi connectivity index (χ1) is 10.3. The molecule has 0 saturated carbocycles. The number of thiazole rings is 1. The second kappa shape index (κ2) is 9.88. The fourth-order valence-electron chi connectivity index (χ4n) is 2.49. The first-order valence-electron chi connectivity index (χ1n) is 7.31. The largest absolute Gasteiger partial charge is 0.348 e. The van der Waals surface area contributed by atoms with Crippen molar-refractivity contribution in [2.75, 3.05) is 13.1 Å². The van der Waals surface area contributed by atoms with Crippen molar-refractivity contribution in [3.05, 3.63) is 52.0 Å². The lowest BCUT2D eigenvalue weighted by molar-refractivity contribution is 0.0925. The minimum absolute atomic E-state index is 0. The van der Waals surface area contributed by atoms with Gasteiger partial charge >= 0.3 is 0 Å². The number of benzene rings is 1. The lowest BCUT2D eigenvalue weighted by Crippen LogP contribution is -2.42. The highest BCUT2D eigenvalue weighted by Crippen LogP contribution is 2.15. The molecule has 0 bridgehead atoms. The van der Waals surface area contributed by atoms with Gasteiger partial charge in [-0.3, -0.25) is 4.79 Å². The Hall–Kier alpha value is -1.14. The number of aromatic nitrogens is 1. The third-order valence-corrected chi connectivity index (χ3v) is 4.51. The number of carbonyl (C=O) groups excluding carboxylic acids is 1. The average molecular weight is 374 g/mol. The van der Waals surface area contributed by atoms with Gasteiger partial charge in [0, 0.05) is 17.8 Å². The molecule has 126 valence electrons. The van der Waals surface area contributed by atoms with Crippen LogP contribution in [0.5, 0.6) is 0 Å². The van der Waals surface area contributed by atoms with E-state index >= 15 is 0 Å². The second-order valence-corrected chi connectivity index (χ2v) is 6.23. The number of halogens is 2. The molecular weight excluding hydrogens is 353 g/mol. The molecule has 4 nitrogen and oxygen atoms in total. The molecule has 7 heteroatoms. The van der Waals surface area contributed by atoms with Crippen molar-refractivity contribution in [3.8, 4) is 0 Å². The molecule has 0 radical (unpaired) electrons. The SMILES string of the molecule is Cl.Cl.O=C(NC1CCNCC1)c1csc(Cc2ccccc2)n1. The van der Waals surface area contributed by atoms with Crippen molar-refractivity contribution >= 4 is 42.1 Å². The van der Waals surface area contributed by atoms with Crippen LogP contribution in [0.15, 0.2) is 35.7 Å². The molecule has 1 aliphatic rings. The van der Waals surface area contributed by atoms with Gasteiger partial charge in [0.1, 0.15) is 5.69 Å². The van der Waals surface area contributed by atoms with E-state index in [2.05, 4.69) is 27.8 Å². The number of piperidine rings is 1. The Labute approximate surface area is 152 Å². The molecule has 1 aliphatic heterocycles. The fraction of sp³-hybridized carbons (Fsp3) is 0.375. The van der Waals surface area contributed by atoms with Crippen LogP contribution in [0.2, 0.25) is 0 Å². The topological polar surface area (TPSA) is 54.0 Å². The quantitative estimate of drug-likeness (QED) is 0.865. The molecule has 2 aromatic rings. The summed E-state index contributed by atoms with van der Waals surface area (Å²) in [5.74, 6) is -0.0440. The summed E-state index contributed by atoms with van der Waals surface area (Å²) in [7, 11) is 0. The summed E-state index contributed by atoms with van der Waals surface area (Å²) in [6.45, 7) is 1.95. The smallest absolute Gasteiger partial charge is 0.270 e. The van der Waals surface area contributed by atoms with E-state index in [1.807, 2.05) is 23.6 Å². The highest BCUT2D eigenvalue weighted by atomic mass is 35.5. The molecule has 0 spiro atoms. The number of hydrogen-bond acceptors (Lipinski definition) is 4. The van der Waals surface area contributed by atoms with Gasteiger partial charge in [0.2, 0.25) is 0 Å². The summed E-state index contributed by atoms with van der Waals surface area (Å²) in [6.07, 6.45) is 2.77. The molecule has 2 N–H and O–H groups in total. The van der Waals surface area contributed by atoms with Gasteiger partial charge in [-0.15, -0.1) is 36.2 Å². The average Bonchev–Trinajstić information content (AvgIpc) is 2.98. The molecule has 1 amide bonds. The summed E-state index contributed by atoms with van der Waals surface area (Å²) in [5, 5.41) is 9.21. The van der Waals surface area contributed by atoms with Crippen LogP contribution in [-0.2, 0) is 6.42 Å². The van der Waals surface area contributed by atoms with Crippen molar-refractivity contribution in [1.29, 1.82) is 0 Å². The summed E-state index contributed by atoms with van der Waals surface area (Å²) in [5.41, 5.74) is 1.77. The van der Waals surface area contributed by atoms with E-state index in [0.29, 0.717) is 5.69 Å². The van der Waals surface area contributed by atoms with Gasteiger partial charge in [-0.05, 0) is 31.5 Å². The monoisotopic (exact) mass is 373 g/mol. The van der Waals surface area contributed by atoms with Gasteiger partial charge in [0.15, 0.2) is 0 Å². The molecule has 2 heterocycles. The highest BCUT2D eigenvalue weighted by Gasteiger charge is 2.18. The molecule has 1 fully saturated rings. The van der Waals surface area contributed by atoms with Crippen molar-refractivity contribution < 1.29 is 4.79 Å². The van der Waals surface area contributed by atoms with Gasteiger partial charge in [0.25, 0.3) is 5.91 Å². The predicted octanol–water partition coefficient (Wildman–Crippen LogP) is 3.06. The van der Waals surface area contributed by atoms with Gasteiger partial charge in [-0.2, -0.15) is 0 Å². The minimum Gasteiger partial charge on any atom is -0.348 e. The van der Waals surface area contributed by atoms with Crippen LogP contribution in [0.1, 0.15) is 33.9 Å². The van der Waals surface area contributed by atoms with Crippen LogP contribution >= 0.6 is 36.2 Å². The number of hydrogen-bond donors (Lipinski definition) is 2. The van der Waals surface area contributed by atoms with Crippen LogP contribution < -0.4 is 10.6 Å². The zero-order chi connectivity index (χ0) is 14.5. The van der Waals surface area contributed by atoms with E-state index < -0.39 is 0 Å². The van der Waals surface area contributed by atoms with Gasteiger partial charge in [0.05, 0.1) is 5.01 Å². The van der Waals surface area contributed by atoms with E-state index in [1.165, 1.54) is 5.56 Å². The normalized spacial score (nSPS) is 14.4. The van der Waals surface area contributed by atoms with E-state index in [1.54, 1.807) is 11.3 Å². The third kappa shape index (κ3) is 5.77. The van der Waals surface area contributed by atoms with Crippen LogP contribution in [0.25, 0.3) is 0 Å². The molecule has 0 aliphatic carbocycles. The second-order valence-electron chi connectivity index (χ2n) is 5.29. The van der Waals surface area contributed by atoms with Crippen molar-refractivity contribution in [1.82, 2.24) is 15.6 Å². The first-order valence-corrected chi connectivity index (χ1v) is 8.19. The Morgan fingerprint density at radius 2 is 1.91 bits per heavy atom. The molecule has 0 atom stereocenters. The molecule has 1 aromatic heterocycles. The number of amides is 1. The Morgan fingerprint density at radius 1 is 1.22 bits per heavy atom. The van der Waals surface area contributed by atoms with Gasteiger partial charge in [-0.1, -0.05) is 30.3 Å². The number of carbonyl (C=O) groups is 1. The summed E-state index contributed by atoms with van der Waals surface area (Å²) >= 11 is 1.55. The molecular formula is C16H21Cl2N3OS. The molecule has 23 heavy (non-hydrogen) atoms. The Balaban J connectivity index is 0.00000132. The van der Waals surface area contributed by atoms with Gasteiger partial charge in [-0.25, -0.2) is 4.98 Å². The number of rotatable bonds is 4. The first kappa shape index (κ1) is 19.9. The maximum atomic E-state index is 12.2. The van der Waals surface area contributed by atoms with Crippen molar-refractivity contribution in [2.45, 2.75) is 25.3 Å². The van der Waals surface area contributed by atoms with Crippen molar-refractivity contribution in [3.63, 3.8) is 0 Å². The standard InChI is InChI=1S/C16H19N3OS.2ClH/c20-16(18-13-6-8-17-9-7-13)14-11-21-15(19-14)10-12-4-2-1-3-5-12;;/h1-5,11,13,17H,6-10H2,(H,18,20);2*1H. The minimum atomic E-state index is -0.0440. The molecule has 1 aromatic carbocycles. The lowest BCUT2D eigenvalue weighted by atomic mass is 10.1. The molecule has 3 rings (SSSR count). The zero-order valence-corrected chi connectivity index (χ0v) is 15.1. The third-order valence-electron chi connectivity index (χ3n) is 3.66. The van der Waals surface area contributed by atoms with E-state index in [4.69, 9.17) is 0 Å². The Morgan fingerprint density at radius 3 is 2.61 bits per heavy atom. The van der Waals surface area contributed by atoms with E-state index in [9.17, 15) is 4.79 Å². The Kier molecular flexibility index (Phi) is 8.55. The van der Waals surface area contributed by atoms with Crippen LogP contribution in [0.3, 0.4) is 0 Å². The van der Waals surface area contributed by atoms with E-state index in [-0.39, 0.29) is 36.8 Å². The maximum Gasteiger partial charge on any atom is 0.270 e. The Bertz CT molecular complexity index is 600. The van der Waals surface area contributed by atoms with Gasteiger partial charge < -0.3 is 10.6 Å². The van der Waals surface area contributed by atoms with Crippen LogP contribution in [-0.4, -0.2) is 30.0 Å². The van der Waals surface area contributed by atoms with Crippen LogP contribution in [0.4, 0.5) is 0 Å². The van der Waals surface area contributed by atoms with E-state index in [0.717, 1.165) is 37.4 Å². The summed E-state index contributed by atoms with van der Waals surface area (Å²) < 4.78 is 0. The molecule has 0 unspecified atom stereocenters. The number of nitrogens with zero attached hydrogens (tertiary/aromatic N) is 1. The lowest BCUT2D eigenvalue weighted by Gasteiger charge is -2.23. The zero-order valence-electron chi connectivity index (χ0n) is 12.7. The fourth-order valence-corrected chi connectivity index (χ4v) is 3.30.